The third-order valence-electron chi connectivity index (χ3n) is 4.64. The second-order valence-corrected chi connectivity index (χ2v) is 6.51. The van der Waals surface area contributed by atoms with E-state index in [2.05, 4.69) is 0 Å². The van der Waals surface area contributed by atoms with Gasteiger partial charge in [-0.2, -0.15) is 0 Å². The smallest absolute Gasteiger partial charge is 0.338 e. The van der Waals surface area contributed by atoms with E-state index in [0.717, 1.165) is 10.5 Å². The molecule has 3 aromatic rings. The van der Waals surface area contributed by atoms with Gasteiger partial charge in [0.2, 0.25) is 0 Å². The highest BCUT2D eigenvalue weighted by Gasteiger charge is 2.41. The number of hydrogen-bond acceptors (Lipinski definition) is 6. The number of amides is 2. The van der Waals surface area contributed by atoms with Crippen molar-refractivity contribution in [2.24, 2.45) is 0 Å². The molecule has 2 amide bonds. The third-order valence-corrected chi connectivity index (χ3v) is 4.64. The molecule has 8 nitrogen and oxygen atoms in total. The standard InChI is InChI=1S/C22H14N2O6/c25-20-17-10-5-11-18(24(28)29)19(17)21(26)23(20)16-9-4-8-15(12-16)22(27)30-13-14-6-2-1-3-7-14/h1-12H,13H2. The first-order chi connectivity index (χ1) is 14.5. The Balaban J connectivity index is 1.60. The summed E-state index contributed by atoms with van der Waals surface area (Å²) >= 11 is 0. The Bertz CT molecular complexity index is 1190. The van der Waals surface area contributed by atoms with Gasteiger partial charge in [-0.25, -0.2) is 9.69 Å². The summed E-state index contributed by atoms with van der Waals surface area (Å²) in [6, 6.07) is 18.8. The first-order valence-corrected chi connectivity index (χ1v) is 8.94. The molecule has 0 saturated carbocycles. The number of benzene rings is 3. The summed E-state index contributed by atoms with van der Waals surface area (Å²) in [7, 11) is 0. The fraction of sp³-hybridized carbons (Fsp3) is 0.0455. The van der Waals surface area contributed by atoms with E-state index >= 15 is 0 Å². The van der Waals surface area contributed by atoms with Gasteiger partial charge < -0.3 is 4.74 Å². The average molecular weight is 402 g/mol. The van der Waals surface area contributed by atoms with Crippen molar-refractivity contribution in [3.63, 3.8) is 0 Å². The number of carbonyl (C=O) groups excluding carboxylic acids is 3. The lowest BCUT2D eigenvalue weighted by atomic mass is 10.1. The lowest BCUT2D eigenvalue weighted by Crippen LogP contribution is -2.29. The van der Waals surface area contributed by atoms with Crippen molar-refractivity contribution in [1.29, 1.82) is 0 Å². The molecule has 0 atom stereocenters. The Morgan fingerprint density at radius 3 is 2.40 bits per heavy atom. The van der Waals surface area contributed by atoms with Gasteiger partial charge >= 0.3 is 5.97 Å². The summed E-state index contributed by atoms with van der Waals surface area (Å²) in [5.74, 6) is -2.12. The van der Waals surface area contributed by atoms with Gasteiger partial charge in [-0.05, 0) is 29.8 Å². The summed E-state index contributed by atoms with van der Waals surface area (Å²) in [4.78, 5) is 49.3. The quantitative estimate of drug-likeness (QED) is 0.278. The molecule has 0 unspecified atom stereocenters. The fourth-order valence-electron chi connectivity index (χ4n) is 3.23. The molecule has 1 aliphatic heterocycles. The number of nitrogens with zero attached hydrogens (tertiary/aromatic N) is 2. The maximum Gasteiger partial charge on any atom is 0.338 e. The first-order valence-electron chi connectivity index (χ1n) is 8.94. The number of nitro groups is 1. The van der Waals surface area contributed by atoms with Gasteiger partial charge in [-0.15, -0.1) is 0 Å². The number of esters is 1. The minimum absolute atomic E-state index is 0.0498. The van der Waals surface area contributed by atoms with E-state index in [4.69, 9.17) is 4.74 Å². The van der Waals surface area contributed by atoms with Gasteiger partial charge in [0.05, 0.1) is 21.7 Å². The first kappa shape index (κ1) is 19.0. The zero-order valence-electron chi connectivity index (χ0n) is 15.5. The molecule has 30 heavy (non-hydrogen) atoms. The molecule has 1 aliphatic rings. The Labute approximate surface area is 170 Å². The molecular formula is C22H14N2O6. The third kappa shape index (κ3) is 3.30. The van der Waals surface area contributed by atoms with Crippen LogP contribution in [0, 0.1) is 10.1 Å². The van der Waals surface area contributed by atoms with Crippen LogP contribution in [0.4, 0.5) is 11.4 Å². The van der Waals surface area contributed by atoms with Gasteiger partial charge in [0.25, 0.3) is 17.5 Å². The van der Waals surface area contributed by atoms with Crippen LogP contribution >= 0.6 is 0 Å². The van der Waals surface area contributed by atoms with Crippen LogP contribution in [0.15, 0.2) is 72.8 Å². The average Bonchev–Trinajstić information content (AvgIpc) is 3.03. The van der Waals surface area contributed by atoms with Crippen LogP contribution < -0.4 is 4.90 Å². The van der Waals surface area contributed by atoms with E-state index in [1.165, 1.54) is 42.5 Å². The monoisotopic (exact) mass is 402 g/mol. The Kier molecular flexibility index (Phi) is 4.81. The zero-order chi connectivity index (χ0) is 21.3. The van der Waals surface area contributed by atoms with Crippen molar-refractivity contribution in [3.8, 4) is 0 Å². The zero-order valence-corrected chi connectivity index (χ0v) is 15.5. The maximum absolute atomic E-state index is 12.8. The predicted molar refractivity (Wildman–Crippen MR) is 106 cm³/mol. The lowest BCUT2D eigenvalue weighted by Gasteiger charge is -2.14. The van der Waals surface area contributed by atoms with E-state index in [1.54, 1.807) is 0 Å². The molecule has 0 N–H and O–H groups in total. The lowest BCUT2D eigenvalue weighted by molar-refractivity contribution is -0.385. The normalized spacial score (nSPS) is 12.6. The molecule has 0 spiro atoms. The molecule has 0 saturated heterocycles. The number of imide groups is 1. The van der Waals surface area contributed by atoms with Gasteiger partial charge in [-0.3, -0.25) is 19.7 Å². The molecule has 0 bridgehead atoms. The number of nitro benzene ring substituents is 1. The number of hydrogen-bond donors (Lipinski definition) is 0. The highest BCUT2D eigenvalue weighted by Crippen LogP contribution is 2.34. The van der Waals surface area contributed by atoms with Crippen LogP contribution in [0.1, 0.15) is 36.6 Å². The summed E-state index contributed by atoms with van der Waals surface area (Å²) in [5, 5.41) is 11.3. The number of anilines is 1. The predicted octanol–water partition coefficient (Wildman–Crippen LogP) is 3.75. The van der Waals surface area contributed by atoms with Gasteiger partial charge in [0, 0.05) is 6.07 Å². The topological polar surface area (TPSA) is 107 Å². The maximum atomic E-state index is 12.8. The van der Waals surface area contributed by atoms with Crippen molar-refractivity contribution in [1.82, 2.24) is 0 Å². The summed E-state index contributed by atoms with van der Waals surface area (Å²) < 4.78 is 5.28. The van der Waals surface area contributed by atoms with E-state index in [0.29, 0.717) is 0 Å². The summed E-state index contributed by atoms with van der Waals surface area (Å²) in [6.45, 7) is 0.0725. The van der Waals surface area contributed by atoms with Crippen molar-refractivity contribution in [2.45, 2.75) is 6.61 Å². The molecule has 0 aromatic heterocycles. The van der Waals surface area contributed by atoms with Crippen LogP contribution in [0.5, 0.6) is 0 Å². The second-order valence-electron chi connectivity index (χ2n) is 6.51. The van der Waals surface area contributed by atoms with E-state index < -0.39 is 28.4 Å². The van der Waals surface area contributed by atoms with Crippen LogP contribution in [-0.4, -0.2) is 22.7 Å². The minimum atomic E-state index is -0.808. The number of rotatable bonds is 5. The van der Waals surface area contributed by atoms with Gasteiger partial charge in [0.1, 0.15) is 12.2 Å². The van der Waals surface area contributed by atoms with Gasteiger partial charge in [0.15, 0.2) is 0 Å². The highest BCUT2D eigenvalue weighted by molar-refractivity contribution is 6.35. The van der Waals surface area contributed by atoms with Crippen LogP contribution in [-0.2, 0) is 11.3 Å². The largest absolute Gasteiger partial charge is 0.457 e. The molecule has 148 valence electrons. The van der Waals surface area contributed by atoms with Crippen molar-refractivity contribution < 1.29 is 24.0 Å². The van der Waals surface area contributed by atoms with Gasteiger partial charge in [-0.1, -0.05) is 42.5 Å². The van der Waals surface area contributed by atoms with Crippen LogP contribution in [0.2, 0.25) is 0 Å². The molecule has 1 heterocycles. The highest BCUT2D eigenvalue weighted by atomic mass is 16.6. The van der Waals surface area contributed by atoms with Crippen LogP contribution in [0.3, 0.4) is 0 Å². The van der Waals surface area contributed by atoms with E-state index in [1.807, 2.05) is 30.3 Å². The van der Waals surface area contributed by atoms with E-state index in [-0.39, 0.29) is 29.0 Å². The Hall–Kier alpha value is -4.33. The number of fused-ring (bicyclic) bond motifs is 1. The van der Waals surface area contributed by atoms with E-state index in [9.17, 15) is 24.5 Å². The molecular weight excluding hydrogens is 388 g/mol. The molecule has 0 fully saturated rings. The molecule has 0 aliphatic carbocycles. The Morgan fingerprint density at radius 2 is 1.67 bits per heavy atom. The number of ether oxygens (including phenoxy) is 1. The summed E-state index contributed by atoms with van der Waals surface area (Å²) in [5.41, 5.74) is 0.344. The number of carbonyl (C=O) groups is 3. The minimum Gasteiger partial charge on any atom is -0.457 e. The molecule has 3 aromatic carbocycles. The van der Waals surface area contributed by atoms with Crippen molar-refractivity contribution in [2.75, 3.05) is 4.90 Å². The Morgan fingerprint density at radius 1 is 0.933 bits per heavy atom. The molecule has 0 radical (unpaired) electrons. The molecule has 8 heteroatoms. The van der Waals surface area contributed by atoms with Crippen molar-refractivity contribution in [3.05, 3.63) is 105 Å². The summed E-state index contributed by atoms with van der Waals surface area (Å²) in [6.07, 6.45) is 0. The van der Waals surface area contributed by atoms with Crippen LogP contribution in [0.25, 0.3) is 0 Å². The second kappa shape index (κ2) is 7.59. The van der Waals surface area contributed by atoms with Crippen molar-refractivity contribution >= 4 is 29.2 Å². The molecule has 4 rings (SSSR count). The SMILES string of the molecule is O=C(OCc1ccccc1)c1cccc(N2C(=O)c3cccc([N+](=O)[O-])c3C2=O)c1. The fourth-order valence-corrected chi connectivity index (χ4v) is 3.23.